The lowest BCUT2D eigenvalue weighted by molar-refractivity contribution is 0.271. The van der Waals surface area contributed by atoms with Crippen molar-refractivity contribution in [1.29, 1.82) is 0 Å². The lowest BCUT2D eigenvalue weighted by Crippen LogP contribution is -2.46. The molecule has 1 aromatic heterocycles. The molecule has 1 aromatic rings. The van der Waals surface area contributed by atoms with Crippen molar-refractivity contribution < 1.29 is 0 Å². The third-order valence-corrected chi connectivity index (χ3v) is 5.55. The van der Waals surface area contributed by atoms with Gasteiger partial charge in [0.15, 0.2) is 5.13 Å². The molecule has 4 nitrogen and oxygen atoms in total. The van der Waals surface area contributed by atoms with Crippen LogP contribution in [0.4, 0.5) is 5.13 Å². The maximum Gasteiger partial charge on any atom is 0.185 e. The fraction of sp³-hybridized carbons (Fsp3) is 0.812. The van der Waals surface area contributed by atoms with Crippen LogP contribution >= 0.6 is 11.3 Å². The summed E-state index contributed by atoms with van der Waals surface area (Å²) in [6, 6.07) is 0. The summed E-state index contributed by atoms with van der Waals surface area (Å²) in [7, 11) is 0. The predicted octanol–water partition coefficient (Wildman–Crippen LogP) is 2.91. The second-order valence-corrected chi connectivity index (χ2v) is 6.88. The van der Waals surface area contributed by atoms with E-state index in [9.17, 15) is 0 Å². The summed E-state index contributed by atoms with van der Waals surface area (Å²) in [5.41, 5.74) is 1.32. The molecule has 2 rings (SSSR count). The van der Waals surface area contributed by atoms with E-state index in [2.05, 4.69) is 42.8 Å². The van der Waals surface area contributed by atoms with Gasteiger partial charge in [-0.1, -0.05) is 27.7 Å². The van der Waals surface area contributed by atoms with Gasteiger partial charge in [0.05, 0.1) is 5.69 Å². The molecule has 1 aliphatic heterocycles. The maximum atomic E-state index is 4.99. The van der Waals surface area contributed by atoms with E-state index < -0.39 is 0 Å². The van der Waals surface area contributed by atoms with Crippen LogP contribution in [0, 0.1) is 0 Å². The lowest BCUT2D eigenvalue weighted by atomic mass is 10.0. The Morgan fingerprint density at radius 2 is 1.90 bits per heavy atom. The van der Waals surface area contributed by atoms with Crippen LogP contribution < -0.4 is 10.2 Å². The number of rotatable bonds is 7. The molecule has 0 spiro atoms. The highest BCUT2D eigenvalue weighted by atomic mass is 32.1. The third-order valence-electron chi connectivity index (χ3n) is 4.42. The molecule has 1 aliphatic rings. The summed E-state index contributed by atoms with van der Waals surface area (Å²) in [4.78, 5) is 11.4. The van der Waals surface area contributed by atoms with Crippen LogP contribution in [0.15, 0.2) is 0 Å². The number of thiazole rings is 1. The number of nitrogens with zero attached hydrogens (tertiary/aromatic N) is 3. The van der Waals surface area contributed by atoms with Gasteiger partial charge in [-0.25, -0.2) is 4.98 Å². The van der Waals surface area contributed by atoms with Crippen LogP contribution in [-0.4, -0.2) is 49.2 Å². The van der Waals surface area contributed by atoms with Gasteiger partial charge < -0.3 is 15.1 Å². The first-order chi connectivity index (χ1) is 10.2. The summed E-state index contributed by atoms with van der Waals surface area (Å²) in [6.45, 7) is 16.6. The van der Waals surface area contributed by atoms with Crippen LogP contribution in [0.3, 0.4) is 0 Å². The van der Waals surface area contributed by atoms with Gasteiger partial charge in [-0.05, 0) is 25.4 Å². The number of nitrogens with one attached hydrogen (secondary N) is 1. The molecule has 0 amide bonds. The highest BCUT2D eigenvalue weighted by Crippen LogP contribution is 2.32. The summed E-state index contributed by atoms with van der Waals surface area (Å²) in [5, 5.41) is 4.69. The Morgan fingerprint density at radius 1 is 1.19 bits per heavy atom. The Balaban J connectivity index is 2.11. The van der Waals surface area contributed by atoms with Gasteiger partial charge in [0.25, 0.3) is 0 Å². The normalized spacial score (nSPS) is 18.2. The zero-order valence-electron chi connectivity index (χ0n) is 14.0. The molecule has 1 atom stereocenters. The van der Waals surface area contributed by atoms with Crippen molar-refractivity contribution >= 4 is 16.5 Å². The van der Waals surface area contributed by atoms with E-state index in [0.717, 1.165) is 52.2 Å². The van der Waals surface area contributed by atoms with E-state index in [0.29, 0.717) is 5.92 Å². The Bertz CT molecular complexity index is 424. The lowest BCUT2D eigenvalue weighted by Gasteiger charge is -2.33. The highest BCUT2D eigenvalue weighted by molar-refractivity contribution is 7.15. The second kappa shape index (κ2) is 8.11. The summed E-state index contributed by atoms with van der Waals surface area (Å²) >= 11 is 1.89. The Morgan fingerprint density at radius 3 is 2.48 bits per heavy atom. The molecule has 1 unspecified atom stereocenters. The van der Waals surface area contributed by atoms with E-state index in [1.54, 1.807) is 0 Å². The minimum Gasteiger partial charge on any atom is -0.346 e. The van der Waals surface area contributed by atoms with Crippen LogP contribution in [0.1, 0.15) is 50.6 Å². The zero-order valence-corrected chi connectivity index (χ0v) is 14.8. The van der Waals surface area contributed by atoms with E-state index >= 15 is 0 Å². The van der Waals surface area contributed by atoms with Gasteiger partial charge in [0, 0.05) is 37.6 Å². The van der Waals surface area contributed by atoms with E-state index in [-0.39, 0.29) is 0 Å². The van der Waals surface area contributed by atoms with Crippen LogP contribution in [0.25, 0.3) is 0 Å². The molecule has 21 heavy (non-hydrogen) atoms. The van der Waals surface area contributed by atoms with Crippen LogP contribution in [0.2, 0.25) is 0 Å². The van der Waals surface area contributed by atoms with E-state index in [1.807, 2.05) is 11.3 Å². The first kappa shape index (κ1) is 16.7. The molecule has 5 heteroatoms. The van der Waals surface area contributed by atoms with Crippen molar-refractivity contribution in [3.63, 3.8) is 0 Å². The molecule has 1 fully saturated rings. The molecule has 1 saturated heterocycles. The topological polar surface area (TPSA) is 31.4 Å². The van der Waals surface area contributed by atoms with Crippen molar-refractivity contribution in [3.05, 3.63) is 10.6 Å². The molecule has 0 saturated carbocycles. The van der Waals surface area contributed by atoms with Crippen LogP contribution in [0.5, 0.6) is 0 Å². The summed E-state index contributed by atoms with van der Waals surface area (Å²) < 4.78 is 0. The molecule has 0 aliphatic carbocycles. The summed E-state index contributed by atoms with van der Waals surface area (Å²) in [6.07, 6.45) is 1.16. The maximum absolute atomic E-state index is 4.99. The van der Waals surface area contributed by atoms with Crippen molar-refractivity contribution in [3.8, 4) is 0 Å². The highest BCUT2D eigenvalue weighted by Gasteiger charge is 2.22. The fourth-order valence-electron chi connectivity index (χ4n) is 2.68. The van der Waals surface area contributed by atoms with E-state index in [1.165, 1.54) is 15.7 Å². The SMILES string of the molecule is CCNCc1sc(N2CCN(CC)CC2)nc1C(C)CC. The van der Waals surface area contributed by atoms with Gasteiger partial charge in [-0.3, -0.25) is 0 Å². The zero-order chi connectivity index (χ0) is 15.2. The number of likely N-dealkylation sites (N-methyl/N-ethyl adjacent to an activating group) is 1. The molecule has 120 valence electrons. The van der Waals surface area contributed by atoms with E-state index in [4.69, 9.17) is 4.98 Å². The molecule has 0 radical (unpaired) electrons. The Hall–Kier alpha value is -0.650. The first-order valence-electron chi connectivity index (χ1n) is 8.37. The molecule has 0 aromatic carbocycles. The smallest absolute Gasteiger partial charge is 0.185 e. The van der Waals surface area contributed by atoms with Crippen molar-refractivity contribution in [2.24, 2.45) is 0 Å². The number of hydrogen-bond acceptors (Lipinski definition) is 5. The molecule has 2 heterocycles. The number of hydrogen-bond donors (Lipinski definition) is 1. The van der Waals surface area contributed by atoms with Gasteiger partial charge in [-0.2, -0.15) is 0 Å². The molecule has 1 N–H and O–H groups in total. The van der Waals surface area contributed by atoms with Gasteiger partial charge in [0.2, 0.25) is 0 Å². The summed E-state index contributed by atoms with van der Waals surface area (Å²) in [5.74, 6) is 0.556. The quantitative estimate of drug-likeness (QED) is 0.839. The van der Waals surface area contributed by atoms with Gasteiger partial charge >= 0.3 is 0 Å². The monoisotopic (exact) mass is 310 g/mol. The first-order valence-corrected chi connectivity index (χ1v) is 9.18. The standard InChI is InChI=1S/C16H30N4S/c1-5-13(4)15-14(12-17-6-2)21-16(18-15)20-10-8-19(7-3)9-11-20/h13,17H,5-12H2,1-4H3. The number of aromatic nitrogens is 1. The Kier molecular flexibility index (Phi) is 6.45. The number of anilines is 1. The molecule has 0 bridgehead atoms. The second-order valence-electron chi connectivity index (χ2n) is 5.82. The predicted molar refractivity (Wildman–Crippen MR) is 92.5 cm³/mol. The van der Waals surface area contributed by atoms with Crippen molar-refractivity contribution in [2.75, 3.05) is 44.2 Å². The third kappa shape index (κ3) is 4.18. The average Bonchev–Trinajstić information content (AvgIpc) is 2.96. The van der Waals surface area contributed by atoms with Gasteiger partial charge in [0.1, 0.15) is 0 Å². The average molecular weight is 311 g/mol. The largest absolute Gasteiger partial charge is 0.346 e. The van der Waals surface area contributed by atoms with Crippen molar-refractivity contribution in [1.82, 2.24) is 15.2 Å². The number of piperazine rings is 1. The minimum absolute atomic E-state index is 0.556. The van der Waals surface area contributed by atoms with Crippen LogP contribution in [-0.2, 0) is 6.54 Å². The van der Waals surface area contributed by atoms with Gasteiger partial charge in [-0.15, -0.1) is 11.3 Å². The fourth-order valence-corrected chi connectivity index (χ4v) is 3.89. The molecular weight excluding hydrogens is 280 g/mol. The molecular formula is C16H30N4S. The Labute approximate surface area is 133 Å². The minimum atomic E-state index is 0.556. The van der Waals surface area contributed by atoms with Crippen molar-refractivity contribution in [2.45, 2.75) is 46.6 Å².